The monoisotopic (exact) mass is 244 g/mol. The molecule has 1 amide bonds. The van der Waals surface area contributed by atoms with Crippen molar-refractivity contribution >= 4 is 11.7 Å². The highest BCUT2D eigenvalue weighted by Gasteiger charge is 2.40. The number of amides is 1. The molecule has 0 radical (unpaired) electrons. The van der Waals surface area contributed by atoms with Crippen molar-refractivity contribution in [2.24, 2.45) is 17.8 Å². The molecular formula is C15H20N2O. The van der Waals surface area contributed by atoms with Gasteiger partial charge < -0.3 is 5.32 Å². The Morgan fingerprint density at radius 3 is 2.94 bits per heavy atom. The maximum Gasteiger partial charge on any atom is 0.225 e. The molecule has 3 heteroatoms. The molecule has 3 atom stereocenters. The van der Waals surface area contributed by atoms with Crippen LogP contribution in [0.5, 0.6) is 0 Å². The molecule has 3 rings (SSSR count). The molecular weight excluding hydrogens is 224 g/mol. The number of fused-ring (bicyclic) bond motifs is 2. The molecule has 1 heterocycles. The number of aryl methyl sites for hydroxylation is 1. The summed E-state index contributed by atoms with van der Waals surface area (Å²) in [6.45, 7) is 1.94. The summed E-state index contributed by atoms with van der Waals surface area (Å²) >= 11 is 0. The van der Waals surface area contributed by atoms with E-state index in [4.69, 9.17) is 0 Å². The van der Waals surface area contributed by atoms with Gasteiger partial charge in [0.1, 0.15) is 5.82 Å². The first kappa shape index (κ1) is 11.7. The van der Waals surface area contributed by atoms with Crippen LogP contribution < -0.4 is 5.32 Å². The fourth-order valence-corrected chi connectivity index (χ4v) is 3.67. The van der Waals surface area contributed by atoms with Gasteiger partial charge in [0, 0.05) is 12.1 Å². The molecule has 2 saturated carbocycles. The Labute approximate surface area is 108 Å². The Hall–Kier alpha value is -1.38. The van der Waals surface area contributed by atoms with E-state index in [-0.39, 0.29) is 5.91 Å². The Morgan fingerprint density at radius 1 is 1.39 bits per heavy atom. The molecule has 18 heavy (non-hydrogen) atoms. The molecule has 1 aromatic heterocycles. The minimum Gasteiger partial charge on any atom is -0.311 e. The fourth-order valence-electron chi connectivity index (χ4n) is 3.67. The van der Waals surface area contributed by atoms with Gasteiger partial charge in [0.15, 0.2) is 0 Å². The second-order valence-corrected chi connectivity index (χ2v) is 5.85. The van der Waals surface area contributed by atoms with Crippen LogP contribution in [-0.4, -0.2) is 10.9 Å². The minimum absolute atomic E-state index is 0.130. The molecule has 3 nitrogen and oxygen atoms in total. The molecule has 0 aromatic carbocycles. The Balaban J connectivity index is 1.56. The third-order valence-electron chi connectivity index (χ3n) is 4.49. The molecule has 2 fully saturated rings. The van der Waals surface area contributed by atoms with Gasteiger partial charge >= 0.3 is 0 Å². The first-order valence-electron chi connectivity index (χ1n) is 6.94. The summed E-state index contributed by atoms with van der Waals surface area (Å²) in [4.78, 5) is 16.3. The number of carbonyl (C=O) groups is 1. The van der Waals surface area contributed by atoms with Crippen molar-refractivity contribution in [3.63, 3.8) is 0 Å². The fraction of sp³-hybridized carbons (Fsp3) is 0.600. The third kappa shape index (κ3) is 2.40. The number of pyridine rings is 1. The van der Waals surface area contributed by atoms with E-state index < -0.39 is 0 Å². The van der Waals surface area contributed by atoms with Crippen molar-refractivity contribution in [1.82, 2.24) is 4.98 Å². The number of anilines is 1. The van der Waals surface area contributed by atoms with E-state index in [0.29, 0.717) is 18.2 Å². The molecule has 2 bridgehead atoms. The van der Waals surface area contributed by atoms with Crippen LogP contribution >= 0.6 is 0 Å². The Morgan fingerprint density at radius 2 is 2.28 bits per heavy atom. The molecule has 0 aliphatic heterocycles. The first-order chi connectivity index (χ1) is 8.70. The molecule has 0 spiro atoms. The molecule has 1 N–H and O–H groups in total. The van der Waals surface area contributed by atoms with Crippen LogP contribution in [0.25, 0.3) is 0 Å². The molecule has 3 unspecified atom stereocenters. The summed E-state index contributed by atoms with van der Waals surface area (Å²) in [5.41, 5.74) is 0.938. The number of aromatic nitrogens is 1. The highest BCUT2D eigenvalue weighted by molar-refractivity contribution is 5.89. The third-order valence-corrected chi connectivity index (χ3v) is 4.49. The molecule has 1 aromatic rings. The average molecular weight is 244 g/mol. The van der Waals surface area contributed by atoms with Crippen molar-refractivity contribution in [2.45, 2.75) is 39.0 Å². The van der Waals surface area contributed by atoms with Gasteiger partial charge in [-0.15, -0.1) is 0 Å². The average Bonchev–Trinajstić information content (AvgIpc) is 2.90. The Bertz CT molecular complexity index is 458. The second kappa shape index (κ2) is 4.71. The molecule has 2 aliphatic carbocycles. The molecule has 0 saturated heterocycles. The van der Waals surface area contributed by atoms with Gasteiger partial charge in [0.2, 0.25) is 5.91 Å². The zero-order chi connectivity index (χ0) is 12.5. The SMILES string of the molecule is Cc1cccc(NC(=O)CC2CC3CCC2C3)n1. The number of hydrogen-bond donors (Lipinski definition) is 1. The number of rotatable bonds is 3. The molecule has 2 aliphatic rings. The van der Waals surface area contributed by atoms with Gasteiger partial charge in [0.05, 0.1) is 0 Å². The Kier molecular flexibility index (Phi) is 3.06. The van der Waals surface area contributed by atoms with Crippen molar-refractivity contribution in [3.8, 4) is 0 Å². The van der Waals surface area contributed by atoms with Gasteiger partial charge in [0.25, 0.3) is 0 Å². The van der Waals surface area contributed by atoms with Crippen LogP contribution in [-0.2, 0) is 4.79 Å². The van der Waals surface area contributed by atoms with Crippen molar-refractivity contribution in [3.05, 3.63) is 23.9 Å². The smallest absolute Gasteiger partial charge is 0.225 e. The van der Waals surface area contributed by atoms with E-state index in [2.05, 4.69) is 10.3 Å². The number of nitrogens with zero attached hydrogens (tertiary/aromatic N) is 1. The largest absolute Gasteiger partial charge is 0.311 e. The van der Waals surface area contributed by atoms with E-state index in [1.165, 1.54) is 25.7 Å². The predicted molar refractivity (Wildman–Crippen MR) is 71.2 cm³/mol. The number of carbonyl (C=O) groups excluding carboxylic acids is 1. The van der Waals surface area contributed by atoms with Crippen LogP contribution in [0.3, 0.4) is 0 Å². The topological polar surface area (TPSA) is 42.0 Å². The van der Waals surface area contributed by atoms with E-state index in [1.54, 1.807) is 0 Å². The summed E-state index contributed by atoms with van der Waals surface area (Å²) in [7, 11) is 0. The van der Waals surface area contributed by atoms with Crippen molar-refractivity contribution < 1.29 is 4.79 Å². The maximum absolute atomic E-state index is 12.0. The van der Waals surface area contributed by atoms with Crippen LogP contribution in [0, 0.1) is 24.7 Å². The van der Waals surface area contributed by atoms with Crippen molar-refractivity contribution in [1.29, 1.82) is 0 Å². The number of nitrogens with one attached hydrogen (secondary N) is 1. The van der Waals surface area contributed by atoms with Crippen LogP contribution in [0.1, 0.15) is 37.8 Å². The lowest BCUT2D eigenvalue weighted by Gasteiger charge is -2.20. The summed E-state index contributed by atoms with van der Waals surface area (Å²) < 4.78 is 0. The lowest BCUT2D eigenvalue weighted by Crippen LogP contribution is -2.20. The van der Waals surface area contributed by atoms with E-state index >= 15 is 0 Å². The van der Waals surface area contributed by atoms with Crippen LogP contribution in [0.15, 0.2) is 18.2 Å². The lowest BCUT2D eigenvalue weighted by molar-refractivity contribution is -0.117. The summed E-state index contributed by atoms with van der Waals surface area (Å²) in [5.74, 6) is 3.15. The quantitative estimate of drug-likeness (QED) is 0.887. The van der Waals surface area contributed by atoms with E-state index in [1.807, 2.05) is 25.1 Å². The van der Waals surface area contributed by atoms with Crippen molar-refractivity contribution in [2.75, 3.05) is 5.32 Å². The van der Waals surface area contributed by atoms with Gasteiger partial charge in [-0.3, -0.25) is 4.79 Å². The molecule has 96 valence electrons. The highest BCUT2D eigenvalue weighted by Crippen LogP contribution is 2.49. The van der Waals surface area contributed by atoms with Crippen LogP contribution in [0.4, 0.5) is 5.82 Å². The van der Waals surface area contributed by atoms with E-state index in [9.17, 15) is 4.79 Å². The van der Waals surface area contributed by atoms with Gasteiger partial charge in [-0.05, 0) is 56.1 Å². The maximum atomic E-state index is 12.0. The van der Waals surface area contributed by atoms with E-state index in [0.717, 1.165) is 17.5 Å². The van der Waals surface area contributed by atoms with Gasteiger partial charge in [-0.25, -0.2) is 4.98 Å². The lowest BCUT2D eigenvalue weighted by atomic mass is 9.86. The standard InChI is InChI=1S/C15H20N2O/c1-10-3-2-4-14(16-10)17-15(18)9-13-8-11-5-6-12(13)7-11/h2-4,11-13H,5-9H2,1H3,(H,16,17,18). The normalized spacial score (nSPS) is 29.5. The zero-order valence-corrected chi connectivity index (χ0v) is 10.9. The number of hydrogen-bond acceptors (Lipinski definition) is 2. The minimum atomic E-state index is 0.130. The predicted octanol–water partition coefficient (Wildman–Crippen LogP) is 3.15. The second-order valence-electron chi connectivity index (χ2n) is 5.85. The summed E-state index contributed by atoms with van der Waals surface area (Å²) in [5, 5.41) is 2.92. The first-order valence-corrected chi connectivity index (χ1v) is 6.94. The highest BCUT2D eigenvalue weighted by atomic mass is 16.1. The summed E-state index contributed by atoms with van der Waals surface area (Å²) in [6, 6.07) is 5.72. The zero-order valence-electron chi connectivity index (χ0n) is 10.9. The summed E-state index contributed by atoms with van der Waals surface area (Å²) in [6.07, 6.45) is 6.03. The van der Waals surface area contributed by atoms with Gasteiger partial charge in [-0.2, -0.15) is 0 Å². The van der Waals surface area contributed by atoms with Gasteiger partial charge in [-0.1, -0.05) is 12.5 Å². The van der Waals surface area contributed by atoms with Crippen LogP contribution in [0.2, 0.25) is 0 Å².